The van der Waals surface area contributed by atoms with Gasteiger partial charge in [0, 0.05) is 31.0 Å². The molecular formula is C22H27N9O. The van der Waals surface area contributed by atoms with E-state index >= 15 is 0 Å². The van der Waals surface area contributed by atoms with Crippen molar-refractivity contribution in [1.29, 1.82) is 0 Å². The van der Waals surface area contributed by atoms with E-state index in [9.17, 15) is 0 Å². The molecule has 10 nitrogen and oxygen atoms in total. The maximum atomic E-state index is 6.01. The van der Waals surface area contributed by atoms with Crippen molar-refractivity contribution in [3.8, 4) is 16.8 Å². The fraction of sp³-hybridized carbons (Fsp3) is 0.409. The Labute approximate surface area is 185 Å². The summed E-state index contributed by atoms with van der Waals surface area (Å²) in [6, 6.07) is 8.77. The normalized spacial score (nSPS) is 18.8. The summed E-state index contributed by atoms with van der Waals surface area (Å²) in [6.45, 7) is 1.36. The number of hydrogen-bond acceptors (Lipinski definition) is 8. The van der Waals surface area contributed by atoms with E-state index in [1.807, 2.05) is 41.3 Å². The molecule has 4 aromatic rings. The molecule has 1 saturated carbocycles. The van der Waals surface area contributed by atoms with Crippen molar-refractivity contribution in [2.24, 2.45) is 5.73 Å². The quantitative estimate of drug-likeness (QED) is 0.456. The molecule has 0 atom stereocenters. The summed E-state index contributed by atoms with van der Waals surface area (Å²) in [6.07, 6.45) is 9.70. The van der Waals surface area contributed by atoms with Crippen molar-refractivity contribution < 1.29 is 4.74 Å². The summed E-state index contributed by atoms with van der Waals surface area (Å²) in [5, 5.41) is 16.3. The third-order valence-corrected chi connectivity index (χ3v) is 5.90. The van der Waals surface area contributed by atoms with E-state index in [1.54, 1.807) is 18.0 Å². The van der Waals surface area contributed by atoms with Crippen LogP contribution in [0.15, 0.2) is 42.9 Å². The molecule has 0 radical (unpaired) electrons. The van der Waals surface area contributed by atoms with Crippen LogP contribution >= 0.6 is 0 Å². The molecule has 0 aliphatic heterocycles. The van der Waals surface area contributed by atoms with Crippen LogP contribution in [0.2, 0.25) is 0 Å². The molecule has 0 spiro atoms. The summed E-state index contributed by atoms with van der Waals surface area (Å²) in [5.74, 6) is 0.599. The molecule has 10 heteroatoms. The van der Waals surface area contributed by atoms with Gasteiger partial charge in [-0.3, -0.25) is 4.68 Å². The van der Waals surface area contributed by atoms with E-state index < -0.39 is 0 Å². The number of aromatic nitrogens is 7. The number of nitrogens with zero attached hydrogens (tertiary/aromatic N) is 7. The van der Waals surface area contributed by atoms with Crippen LogP contribution in [-0.4, -0.2) is 60.5 Å². The number of methoxy groups -OCH3 is 1. The molecule has 1 fully saturated rings. The topological polar surface area (TPSA) is 122 Å². The number of nitrogens with one attached hydrogen (secondary N) is 1. The maximum absolute atomic E-state index is 6.01. The Bertz CT molecular complexity index is 1180. The molecule has 5 rings (SSSR count). The lowest BCUT2D eigenvalue weighted by atomic mass is 9.92. The van der Waals surface area contributed by atoms with Gasteiger partial charge in [-0.1, -0.05) is 17.3 Å². The molecule has 3 N–H and O–H groups in total. The molecule has 0 unspecified atom stereocenters. The van der Waals surface area contributed by atoms with Crippen LogP contribution in [-0.2, 0) is 11.3 Å². The highest BCUT2D eigenvalue weighted by atomic mass is 16.5. The van der Waals surface area contributed by atoms with Crippen LogP contribution in [0.3, 0.4) is 0 Å². The summed E-state index contributed by atoms with van der Waals surface area (Å²) in [7, 11) is 1.69. The predicted molar refractivity (Wildman–Crippen MR) is 121 cm³/mol. The van der Waals surface area contributed by atoms with E-state index in [0.29, 0.717) is 35.8 Å². The smallest absolute Gasteiger partial charge is 0.225 e. The number of benzene rings is 1. The van der Waals surface area contributed by atoms with Crippen molar-refractivity contribution in [2.75, 3.05) is 19.0 Å². The molecule has 1 aliphatic rings. The molecule has 1 aromatic carbocycles. The van der Waals surface area contributed by atoms with Gasteiger partial charge in [-0.2, -0.15) is 14.8 Å². The molecule has 0 saturated heterocycles. The number of rotatable bonds is 7. The number of nitrogens with two attached hydrogens (primary N) is 1. The van der Waals surface area contributed by atoms with Gasteiger partial charge >= 0.3 is 0 Å². The van der Waals surface area contributed by atoms with Crippen molar-refractivity contribution in [1.82, 2.24) is 34.7 Å². The van der Waals surface area contributed by atoms with Gasteiger partial charge in [0.15, 0.2) is 11.2 Å². The first-order chi connectivity index (χ1) is 15.7. The third-order valence-electron chi connectivity index (χ3n) is 5.90. The first-order valence-electron chi connectivity index (χ1n) is 10.9. The second-order valence-corrected chi connectivity index (χ2v) is 8.19. The lowest BCUT2D eigenvalue weighted by Crippen LogP contribution is -2.33. The minimum atomic E-state index is 0.310. The molecule has 166 valence electrons. The van der Waals surface area contributed by atoms with E-state index in [-0.39, 0.29) is 0 Å². The molecule has 0 bridgehead atoms. The molecule has 3 aromatic heterocycles. The van der Waals surface area contributed by atoms with Gasteiger partial charge in [-0.15, -0.1) is 5.10 Å². The van der Waals surface area contributed by atoms with Gasteiger partial charge in [0.1, 0.15) is 0 Å². The Morgan fingerprint density at radius 3 is 2.69 bits per heavy atom. The second kappa shape index (κ2) is 9.01. The first kappa shape index (κ1) is 20.5. The predicted octanol–water partition coefficient (Wildman–Crippen LogP) is 2.40. The van der Waals surface area contributed by atoms with Crippen LogP contribution in [0.5, 0.6) is 0 Å². The molecule has 0 amide bonds. The number of anilines is 1. The monoisotopic (exact) mass is 433 g/mol. The molecule has 3 heterocycles. The Hall–Kier alpha value is -3.37. The summed E-state index contributed by atoms with van der Waals surface area (Å²) in [5.41, 5.74) is 10.4. The standard InChI is InChI=1S/C22H27N9O/c1-32-11-10-30-14-16(12-25-30)15-2-8-19(9-3-15)31-21-20(28-29-31)13-24-22(27-21)26-18-6-4-17(23)5-7-18/h2-3,8-9,12-14,17-18H,4-7,10-11,23H2,1H3,(H,24,26,27)/t17-,18-. The van der Waals surface area contributed by atoms with Crippen molar-refractivity contribution in [2.45, 2.75) is 44.3 Å². The Kier molecular flexibility index (Phi) is 5.78. The highest BCUT2D eigenvalue weighted by molar-refractivity contribution is 5.72. The van der Waals surface area contributed by atoms with E-state index in [4.69, 9.17) is 15.5 Å². The summed E-state index contributed by atoms with van der Waals surface area (Å²) < 4.78 is 8.73. The zero-order valence-corrected chi connectivity index (χ0v) is 18.1. The summed E-state index contributed by atoms with van der Waals surface area (Å²) in [4.78, 5) is 9.11. The largest absolute Gasteiger partial charge is 0.383 e. The third kappa shape index (κ3) is 4.32. The number of ether oxygens (including phenoxy) is 1. The number of fused-ring (bicyclic) bond motifs is 1. The van der Waals surface area contributed by atoms with Gasteiger partial charge in [-0.05, 0) is 43.4 Å². The highest BCUT2D eigenvalue weighted by Gasteiger charge is 2.19. The van der Waals surface area contributed by atoms with Gasteiger partial charge in [0.2, 0.25) is 5.95 Å². The number of hydrogen-bond donors (Lipinski definition) is 2. The fourth-order valence-electron chi connectivity index (χ4n) is 4.03. The first-order valence-corrected chi connectivity index (χ1v) is 10.9. The lowest BCUT2D eigenvalue weighted by molar-refractivity contribution is 0.183. The van der Waals surface area contributed by atoms with Crippen LogP contribution in [0.25, 0.3) is 28.0 Å². The molecule has 1 aliphatic carbocycles. The fourth-order valence-corrected chi connectivity index (χ4v) is 4.03. The highest BCUT2D eigenvalue weighted by Crippen LogP contribution is 2.23. The van der Waals surface area contributed by atoms with Crippen molar-refractivity contribution in [3.05, 3.63) is 42.9 Å². The zero-order valence-electron chi connectivity index (χ0n) is 18.1. The minimum absolute atomic E-state index is 0.310. The molecular weight excluding hydrogens is 406 g/mol. The average molecular weight is 434 g/mol. The van der Waals surface area contributed by atoms with E-state index in [2.05, 4.69) is 25.7 Å². The Morgan fingerprint density at radius 2 is 1.91 bits per heavy atom. The second-order valence-electron chi connectivity index (χ2n) is 8.19. The lowest BCUT2D eigenvalue weighted by Gasteiger charge is -2.26. The van der Waals surface area contributed by atoms with Crippen molar-refractivity contribution >= 4 is 17.1 Å². The zero-order chi connectivity index (χ0) is 21.9. The van der Waals surface area contributed by atoms with Crippen molar-refractivity contribution in [3.63, 3.8) is 0 Å². The van der Waals surface area contributed by atoms with Crippen LogP contribution in [0.4, 0.5) is 5.95 Å². The van der Waals surface area contributed by atoms with Crippen LogP contribution < -0.4 is 11.1 Å². The minimum Gasteiger partial charge on any atom is -0.383 e. The summed E-state index contributed by atoms with van der Waals surface area (Å²) >= 11 is 0. The van der Waals surface area contributed by atoms with E-state index in [0.717, 1.165) is 49.0 Å². The Morgan fingerprint density at radius 1 is 1.09 bits per heavy atom. The van der Waals surface area contributed by atoms with Gasteiger partial charge in [0.25, 0.3) is 0 Å². The average Bonchev–Trinajstić information content (AvgIpc) is 3.46. The van der Waals surface area contributed by atoms with Crippen LogP contribution in [0.1, 0.15) is 25.7 Å². The molecule has 32 heavy (non-hydrogen) atoms. The maximum Gasteiger partial charge on any atom is 0.225 e. The van der Waals surface area contributed by atoms with Gasteiger partial charge in [-0.25, -0.2) is 4.98 Å². The van der Waals surface area contributed by atoms with E-state index in [1.165, 1.54) is 0 Å². The Balaban J connectivity index is 1.35. The van der Waals surface area contributed by atoms with Gasteiger partial charge < -0.3 is 15.8 Å². The SMILES string of the molecule is COCCn1cc(-c2ccc(-n3nnc4cnc(N[C@H]5CC[C@H](N)CC5)nc43)cc2)cn1. The van der Waals surface area contributed by atoms with Crippen LogP contribution in [0, 0.1) is 0 Å². The van der Waals surface area contributed by atoms with Gasteiger partial charge in [0.05, 0.1) is 31.2 Å².